The molecule has 0 aliphatic heterocycles. The Balaban J connectivity index is 4.09. The van der Waals surface area contributed by atoms with Crippen molar-refractivity contribution in [3.63, 3.8) is 0 Å². The summed E-state index contributed by atoms with van der Waals surface area (Å²) >= 11 is 6.77. The third-order valence-corrected chi connectivity index (χ3v) is 3.16. The van der Waals surface area contributed by atoms with Crippen molar-refractivity contribution in [1.82, 2.24) is 0 Å². The molecule has 0 spiro atoms. The molecule has 0 aromatic heterocycles. The molecule has 4 unspecified atom stereocenters. The number of aliphatic hydroxyl groups is 1. The Morgan fingerprint density at radius 2 is 1.44 bits per heavy atom. The second-order valence-corrected chi connectivity index (χ2v) is 8.09. The van der Waals surface area contributed by atoms with E-state index in [1.54, 1.807) is 6.92 Å². The zero-order chi connectivity index (χ0) is 14.1. The predicted octanol–water partition coefficient (Wildman–Crippen LogP) is 3.53. The molecular formula is C10H21Br2O5P. The summed E-state index contributed by atoms with van der Waals surface area (Å²) in [5.74, 6) is 0. The Kier molecular flexibility index (Phi) is 11.6. The first-order chi connectivity index (χ1) is 8.31. The van der Waals surface area contributed by atoms with Crippen LogP contribution in [0, 0.1) is 0 Å². The van der Waals surface area contributed by atoms with Crippen LogP contribution in [0.4, 0.5) is 0 Å². The third kappa shape index (κ3) is 12.2. The molecule has 5 nitrogen and oxygen atoms in total. The fraction of sp³-hybridized carbons (Fsp3) is 1.00. The van der Waals surface area contributed by atoms with E-state index in [-0.39, 0.29) is 9.65 Å². The van der Waals surface area contributed by atoms with Crippen LogP contribution < -0.4 is 0 Å². The van der Waals surface area contributed by atoms with Crippen LogP contribution >= 0.6 is 40.5 Å². The minimum Gasteiger partial charge on any atom is -0.368 e. The SMILES string of the molecule is CC(Br)COP(OCC(C)Br)OC(C)OC(C)O. The number of alkyl halides is 2. The Hall–Kier alpha value is 1.19. The summed E-state index contributed by atoms with van der Waals surface area (Å²) in [6.07, 6.45) is -1.48. The van der Waals surface area contributed by atoms with E-state index in [2.05, 4.69) is 31.9 Å². The van der Waals surface area contributed by atoms with Crippen LogP contribution in [0.25, 0.3) is 0 Å². The van der Waals surface area contributed by atoms with E-state index >= 15 is 0 Å². The van der Waals surface area contributed by atoms with Crippen molar-refractivity contribution in [1.29, 1.82) is 0 Å². The molecule has 110 valence electrons. The van der Waals surface area contributed by atoms with Gasteiger partial charge < -0.3 is 18.9 Å². The highest BCUT2D eigenvalue weighted by atomic mass is 79.9. The van der Waals surface area contributed by atoms with Crippen molar-refractivity contribution >= 4 is 40.5 Å². The van der Waals surface area contributed by atoms with Gasteiger partial charge in [0.15, 0.2) is 12.6 Å². The molecule has 0 aromatic carbocycles. The second-order valence-electron chi connectivity index (χ2n) is 3.79. The molecule has 1 N–H and O–H groups in total. The summed E-state index contributed by atoms with van der Waals surface area (Å²) in [6.45, 7) is 8.09. The molecule has 0 fully saturated rings. The Morgan fingerprint density at radius 3 is 1.78 bits per heavy atom. The fourth-order valence-electron chi connectivity index (χ4n) is 0.849. The van der Waals surface area contributed by atoms with Crippen molar-refractivity contribution in [3.05, 3.63) is 0 Å². The zero-order valence-corrected chi connectivity index (χ0v) is 15.1. The first-order valence-corrected chi connectivity index (χ1v) is 8.58. The molecule has 0 radical (unpaired) electrons. The van der Waals surface area contributed by atoms with Gasteiger partial charge in [-0.1, -0.05) is 45.7 Å². The minimum absolute atomic E-state index is 0.212. The van der Waals surface area contributed by atoms with Crippen molar-refractivity contribution in [2.24, 2.45) is 0 Å². The number of hydrogen-bond acceptors (Lipinski definition) is 5. The maximum atomic E-state index is 9.08. The molecule has 0 saturated heterocycles. The Bertz CT molecular complexity index is 195. The van der Waals surface area contributed by atoms with Gasteiger partial charge in [-0.25, -0.2) is 0 Å². The largest absolute Gasteiger partial charge is 0.368 e. The number of aliphatic hydroxyl groups excluding tert-OH is 1. The maximum absolute atomic E-state index is 9.08. The van der Waals surface area contributed by atoms with Crippen molar-refractivity contribution in [2.45, 2.75) is 49.9 Å². The lowest BCUT2D eigenvalue weighted by Crippen LogP contribution is -2.19. The number of ether oxygens (including phenoxy) is 1. The zero-order valence-electron chi connectivity index (χ0n) is 11.0. The molecule has 0 amide bonds. The van der Waals surface area contributed by atoms with Gasteiger partial charge in [0, 0.05) is 9.65 Å². The summed E-state index contributed by atoms with van der Waals surface area (Å²) < 4.78 is 21.5. The molecule has 0 aliphatic rings. The molecule has 0 aliphatic carbocycles. The molecular weight excluding hydrogens is 391 g/mol. The summed E-state index contributed by atoms with van der Waals surface area (Å²) in [6, 6.07) is 0. The average molecular weight is 412 g/mol. The lowest BCUT2D eigenvalue weighted by molar-refractivity contribution is -0.183. The minimum atomic E-state index is -1.49. The van der Waals surface area contributed by atoms with Gasteiger partial charge in [0.25, 0.3) is 0 Å². The first kappa shape index (κ1) is 19.2. The number of hydrogen-bond donors (Lipinski definition) is 1. The highest BCUT2D eigenvalue weighted by molar-refractivity contribution is 9.09. The van der Waals surface area contributed by atoms with E-state index in [1.165, 1.54) is 6.92 Å². The van der Waals surface area contributed by atoms with Crippen LogP contribution in [0.1, 0.15) is 27.7 Å². The van der Waals surface area contributed by atoms with Crippen molar-refractivity contribution in [3.8, 4) is 0 Å². The summed E-state index contributed by atoms with van der Waals surface area (Å²) in [5.41, 5.74) is 0. The Morgan fingerprint density at radius 1 is 1.00 bits per heavy atom. The number of rotatable bonds is 10. The van der Waals surface area contributed by atoms with Crippen LogP contribution in [-0.2, 0) is 18.3 Å². The van der Waals surface area contributed by atoms with Crippen LogP contribution in [0.5, 0.6) is 0 Å². The summed E-state index contributed by atoms with van der Waals surface area (Å²) in [5, 5.41) is 9.08. The fourth-order valence-corrected chi connectivity index (χ4v) is 2.70. The van der Waals surface area contributed by atoms with Crippen molar-refractivity contribution in [2.75, 3.05) is 13.2 Å². The van der Waals surface area contributed by atoms with Gasteiger partial charge >= 0.3 is 8.60 Å². The van der Waals surface area contributed by atoms with Crippen LogP contribution in [0.15, 0.2) is 0 Å². The van der Waals surface area contributed by atoms with Crippen LogP contribution in [-0.4, -0.2) is 40.6 Å². The van der Waals surface area contributed by atoms with Crippen molar-refractivity contribution < 1.29 is 23.4 Å². The molecule has 8 heteroatoms. The van der Waals surface area contributed by atoms with E-state index in [4.69, 9.17) is 23.4 Å². The second kappa shape index (κ2) is 10.9. The van der Waals surface area contributed by atoms with Gasteiger partial charge in [-0.15, -0.1) is 0 Å². The lowest BCUT2D eigenvalue weighted by Gasteiger charge is -2.22. The highest BCUT2D eigenvalue weighted by Crippen LogP contribution is 2.42. The van der Waals surface area contributed by atoms with Gasteiger partial charge in [0.1, 0.15) is 0 Å². The van der Waals surface area contributed by atoms with Gasteiger partial charge in [0.05, 0.1) is 13.2 Å². The molecule has 0 rings (SSSR count). The van der Waals surface area contributed by atoms with Gasteiger partial charge in [0.2, 0.25) is 0 Å². The van der Waals surface area contributed by atoms with Gasteiger partial charge in [-0.3, -0.25) is 4.52 Å². The Labute approximate surface area is 127 Å². The third-order valence-electron chi connectivity index (χ3n) is 1.44. The monoisotopic (exact) mass is 410 g/mol. The standard InChI is InChI=1S/C10H21Br2O5P/c1-7(11)5-14-18(15-6-8(2)12)17-10(4)16-9(3)13/h7-10,13H,5-6H2,1-4H3. The van der Waals surface area contributed by atoms with E-state index in [0.29, 0.717) is 13.2 Å². The normalized spacial score (nSPS) is 20.2. The number of halogens is 2. The summed E-state index contributed by atoms with van der Waals surface area (Å²) in [4.78, 5) is 0.424. The highest BCUT2D eigenvalue weighted by Gasteiger charge is 2.19. The predicted molar refractivity (Wildman–Crippen MR) is 78.9 cm³/mol. The molecule has 18 heavy (non-hydrogen) atoms. The first-order valence-electron chi connectivity index (χ1n) is 5.65. The molecule has 0 aromatic rings. The van der Waals surface area contributed by atoms with E-state index in [1.807, 2.05) is 13.8 Å². The molecule has 0 heterocycles. The van der Waals surface area contributed by atoms with Crippen LogP contribution in [0.3, 0.4) is 0 Å². The van der Waals surface area contributed by atoms with E-state index in [0.717, 1.165) is 0 Å². The van der Waals surface area contributed by atoms with E-state index < -0.39 is 21.2 Å². The molecule has 0 saturated carbocycles. The average Bonchev–Trinajstić information content (AvgIpc) is 2.20. The van der Waals surface area contributed by atoms with Gasteiger partial charge in [-0.2, -0.15) is 0 Å². The smallest absolute Gasteiger partial charge is 0.335 e. The van der Waals surface area contributed by atoms with Gasteiger partial charge in [-0.05, 0) is 13.8 Å². The van der Waals surface area contributed by atoms with Crippen LogP contribution in [0.2, 0.25) is 0 Å². The lowest BCUT2D eigenvalue weighted by atomic mass is 10.5. The maximum Gasteiger partial charge on any atom is 0.335 e. The molecule has 4 atom stereocenters. The summed E-state index contributed by atoms with van der Waals surface area (Å²) in [7, 11) is -1.49. The quantitative estimate of drug-likeness (QED) is 0.338. The molecule has 0 bridgehead atoms. The topological polar surface area (TPSA) is 57.2 Å². The van der Waals surface area contributed by atoms with E-state index in [9.17, 15) is 0 Å².